The van der Waals surface area contributed by atoms with Crippen LogP contribution >= 0.6 is 0 Å². The van der Waals surface area contributed by atoms with Crippen molar-refractivity contribution in [1.82, 2.24) is 30.2 Å². The summed E-state index contributed by atoms with van der Waals surface area (Å²) >= 11 is 0. The van der Waals surface area contributed by atoms with Crippen LogP contribution in [0.15, 0.2) is 24.8 Å². The highest BCUT2D eigenvalue weighted by Gasteiger charge is 2.31. The van der Waals surface area contributed by atoms with E-state index >= 15 is 0 Å². The molecule has 3 heterocycles. The Morgan fingerprint density at radius 3 is 2.85 bits per heavy atom. The summed E-state index contributed by atoms with van der Waals surface area (Å²) in [7, 11) is 0. The molecule has 1 amide bonds. The number of hydrogen-bond acceptors (Lipinski definition) is 6. The van der Waals surface area contributed by atoms with Crippen LogP contribution in [0.25, 0.3) is 22.4 Å². The smallest absolute Gasteiger partial charge is 0.245 e. The molecule has 3 aromatic rings. The van der Waals surface area contributed by atoms with Gasteiger partial charge in [0.25, 0.3) is 0 Å². The molecule has 3 N–H and O–H groups in total. The molecule has 0 saturated heterocycles. The minimum Gasteiger partial charge on any atom is -0.354 e. The third-order valence-electron chi connectivity index (χ3n) is 4.24. The number of hydrogen-bond donors (Lipinski definition) is 3. The molecule has 0 spiro atoms. The molecule has 136 valence electrons. The molecule has 9 heteroatoms. The largest absolute Gasteiger partial charge is 0.354 e. The van der Waals surface area contributed by atoms with Crippen molar-refractivity contribution < 1.29 is 9.18 Å². The normalized spacial score (nSPS) is 13.4. The molecule has 0 aliphatic heterocycles. The van der Waals surface area contributed by atoms with E-state index in [0.717, 1.165) is 6.20 Å². The molecule has 0 radical (unpaired) electrons. The summed E-state index contributed by atoms with van der Waals surface area (Å²) in [5.41, 5.74) is 0.286. The van der Waals surface area contributed by atoms with Crippen LogP contribution in [0.1, 0.15) is 27.2 Å². The van der Waals surface area contributed by atoms with E-state index in [4.69, 9.17) is 0 Å². The van der Waals surface area contributed by atoms with E-state index in [1.165, 1.54) is 12.4 Å². The Morgan fingerprint density at radius 1 is 1.31 bits per heavy atom. The van der Waals surface area contributed by atoms with Crippen molar-refractivity contribution in [2.24, 2.45) is 0 Å². The molecule has 3 rings (SSSR count). The maximum atomic E-state index is 13.5. The molecule has 0 aliphatic rings. The molecule has 0 aromatic carbocycles. The first kappa shape index (κ1) is 17.7. The molecular formula is C17H20FN7O. The average molecular weight is 357 g/mol. The lowest BCUT2D eigenvalue weighted by molar-refractivity contribution is -0.125. The number of nitrogens with one attached hydrogen (secondary N) is 3. The molecule has 8 nitrogen and oxygen atoms in total. The summed E-state index contributed by atoms with van der Waals surface area (Å²) < 4.78 is 13.5. The summed E-state index contributed by atoms with van der Waals surface area (Å²) in [6, 6.07) is 1.37. The highest BCUT2D eigenvalue weighted by molar-refractivity contribution is 5.92. The van der Waals surface area contributed by atoms with Gasteiger partial charge in [0, 0.05) is 23.7 Å². The van der Waals surface area contributed by atoms with E-state index in [9.17, 15) is 9.18 Å². The standard InChI is InChI=1S/C17H20FN7O/c1-4-17(3,15(26)19-5-2)25-16-23-9-22-14(24-16)12-8-21-13-11(12)6-10(18)7-20-13/h6-9H,4-5H2,1-3H3,(H,19,26)(H,20,21)(H,22,23,24,25)/t17-/m1/s1. The molecule has 3 aromatic heterocycles. The Hall–Kier alpha value is -3.10. The Bertz CT molecular complexity index is 942. The number of anilines is 1. The lowest BCUT2D eigenvalue weighted by Crippen LogP contribution is -2.50. The Kier molecular flexibility index (Phi) is 4.79. The van der Waals surface area contributed by atoms with Crippen molar-refractivity contribution in [2.75, 3.05) is 11.9 Å². The summed E-state index contributed by atoms with van der Waals surface area (Å²) in [5, 5.41) is 6.45. The van der Waals surface area contributed by atoms with Gasteiger partial charge in [0.2, 0.25) is 11.9 Å². The number of likely N-dealkylation sites (N-methyl/N-ethyl adjacent to an activating group) is 1. The third-order valence-corrected chi connectivity index (χ3v) is 4.24. The van der Waals surface area contributed by atoms with Crippen LogP contribution in [0.2, 0.25) is 0 Å². The van der Waals surface area contributed by atoms with Crippen molar-refractivity contribution >= 4 is 22.9 Å². The number of aromatic nitrogens is 5. The second-order valence-corrected chi connectivity index (χ2v) is 6.05. The minimum atomic E-state index is -0.859. The highest BCUT2D eigenvalue weighted by atomic mass is 19.1. The van der Waals surface area contributed by atoms with Gasteiger partial charge in [-0.2, -0.15) is 4.98 Å². The van der Waals surface area contributed by atoms with E-state index in [1.54, 1.807) is 13.1 Å². The van der Waals surface area contributed by atoms with Crippen LogP contribution in [-0.4, -0.2) is 42.9 Å². The van der Waals surface area contributed by atoms with Gasteiger partial charge in [0.1, 0.15) is 23.3 Å². The first-order valence-corrected chi connectivity index (χ1v) is 8.35. The van der Waals surface area contributed by atoms with Gasteiger partial charge >= 0.3 is 0 Å². The fourth-order valence-electron chi connectivity index (χ4n) is 2.56. The van der Waals surface area contributed by atoms with Crippen molar-refractivity contribution in [3.8, 4) is 11.4 Å². The number of aromatic amines is 1. The number of rotatable bonds is 6. The SMILES string of the molecule is CCNC(=O)[C@@](C)(CC)Nc1ncnc(-c2c[nH]c3ncc(F)cc23)n1. The monoisotopic (exact) mass is 357 g/mol. The zero-order chi connectivity index (χ0) is 18.7. The number of carbonyl (C=O) groups excluding carboxylic acids is 1. The van der Waals surface area contributed by atoms with Gasteiger partial charge in [-0.25, -0.2) is 19.3 Å². The van der Waals surface area contributed by atoms with E-state index in [0.29, 0.717) is 35.4 Å². The Balaban J connectivity index is 1.95. The second kappa shape index (κ2) is 7.03. The maximum absolute atomic E-state index is 13.5. The zero-order valence-electron chi connectivity index (χ0n) is 14.8. The van der Waals surface area contributed by atoms with Gasteiger partial charge in [-0.05, 0) is 26.3 Å². The molecule has 0 bridgehead atoms. The van der Waals surface area contributed by atoms with Gasteiger partial charge in [-0.1, -0.05) is 6.92 Å². The molecule has 0 saturated carbocycles. The van der Waals surface area contributed by atoms with Crippen LogP contribution in [0, 0.1) is 5.82 Å². The minimum absolute atomic E-state index is 0.136. The van der Waals surface area contributed by atoms with E-state index in [2.05, 4.69) is 35.6 Å². The highest BCUT2D eigenvalue weighted by Crippen LogP contribution is 2.26. The molecule has 1 atom stereocenters. The summed E-state index contributed by atoms with van der Waals surface area (Å²) in [6.07, 6.45) is 4.70. The molecule has 0 unspecified atom stereocenters. The first-order chi connectivity index (χ1) is 12.5. The van der Waals surface area contributed by atoms with Crippen molar-refractivity contribution in [1.29, 1.82) is 0 Å². The van der Waals surface area contributed by atoms with Crippen molar-refractivity contribution in [3.63, 3.8) is 0 Å². The van der Waals surface area contributed by atoms with Crippen LogP contribution in [0.5, 0.6) is 0 Å². The van der Waals surface area contributed by atoms with Gasteiger partial charge in [-0.3, -0.25) is 4.79 Å². The number of pyridine rings is 1. The van der Waals surface area contributed by atoms with Gasteiger partial charge in [-0.15, -0.1) is 0 Å². The number of amides is 1. The average Bonchev–Trinajstić information content (AvgIpc) is 3.05. The Morgan fingerprint density at radius 2 is 2.12 bits per heavy atom. The number of halogens is 1. The van der Waals surface area contributed by atoms with Crippen LogP contribution in [-0.2, 0) is 4.79 Å². The zero-order valence-corrected chi connectivity index (χ0v) is 14.8. The Labute approximate surface area is 149 Å². The van der Waals surface area contributed by atoms with Crippen molar-refractivity contribution in [2.45, 2.75) is 32.7 Å². The number of fused-ring (bicyclic) bond motifs is 1. The maximum Gasteiger partial charge on any atom is 0.245 e. The number of H-pyrrole nitrogens is 1. The molecule has 0 fully saturated rings. The van der Waals surface area contributed by atoms with Gasteiger partial charge < -0.3 is 15.6 Å². The summed E-state index contributed by atoms with van der Waals surface area (Å²) in [5.74, 6) is 0.0446. The lowest BCUT2D eigenvalue weighted by Gasteiger charge is -2.28. The van der Waals surface area contributed by atoms with Gasteiger partial charge in [0.05, 0.1) is 6.20 Å². The van der Waals surface area contributed by atoms with E-state index < -0.39 is 11.4 Å². The predicted molar refractivity (Wildman–Crippen MR) is 95.9 cm³/mol. The van der Waals surface area contributed by atoms with Crippen LogP contribution in [0.4, 0.5) is 10.3 Å². The number of carbonyl (C=O) groups is 1. The molecule has 0 aliphatic carbocycles. The van der Waals surface area contributed by atoms with Crippen LogP contribution in [0.3, 0.4) is 0 Å². The first-order valence-electron chi connectivity index (χ1n) is 8.35. The summed E-state index contributed by atoms with van der Waals surface area (Å²) in [4.78, 5) is 31.9. The van der Waals surface area contributed by atoms with E-state index in [1.807, 2.05) is 13.8 Å². The van der Waals surface area contributed by atoms with Gasteiger partial charge in [0.15, 0.2) is 5.82 Å². The fraction of sp³-hybridized carbons (Fsp3) is 0.353. The molecule has 26 heavy (non-hydrogen) atoms. The predicted octanol–water partition coefficient (Wildman–Crippen LogP) is 2.27. The number of nitrogens with zero attached hydrogens (tertiary/aromatic N) is 4. The van der Waals surface area contributed by atoms with Crippen molar-refractivity contribution in [3.05, 3.63) is 30.6 Å². The topological polar surface area (TPSA) is 108 Å². The summed E-state index contributed by atoms with van der Waals surface area (Å²) in [6.45, 7) is 6.08. The molecular weight excluding hydrogens is 337 g/mol. The lowest BCUT2D eigenvalue weighted by atomic mass is 9.98. The quantitative estimate of drug-likeness (QED) is 0.624. The van der Waals surface area contributed by atoms with Crippen LogP contribution < -0.4 is 10.6 Å². The van der Waals surface area contributed by atoms with E-state index in [-0.39, 0.29) is 11.9 Å². The second-order valence-electron chi connectivity index (χ2n) is 6.05. The fourth-order valence-corrected chi connectivity index (χ4v) is 2.56. The third kappa shape index (κ3) is 3.32.